The van der Waals surface area contributed by atoms with Crippen molar-refractivity contribution in [3.05, 3.63) is 102 Å². The van der Waals surface area contributed by atoms with E-state index < -0.39 is 35.5 Å². The Balaban J connectivity index is 1.64. The highest BCUT2D eigenvalue weighted by atomic mass is 19.1. The second-order valence-corrected chi connectivity index (χ2v) is 7.47. The van der Waals surface area contributed by atoms with Gasteiger partial charge in [0.2, 0.25) is 11.8 Å². The molecule has 0 bridgehead atoms. The summed E-state index contributed by atoms with van der Waals surface area (Å²) in [4.78, 5) is 52.8. The minimum atomic E-state index is -1.26. The number of para-hydroxylation sites is 1. The molecule has 1 unspecified atom stereocenters. The summed E-state index contributed by atoms with van der Waals surface area (Å²) in [6, 6.07) is 21.1. The molecule has 0 radical (unpaired) electrons. The maximum atomic E-state index is 14.1. The van der Waals surface area contributed by atoms with Crippen LogP contribution in [0.25, 0.3) is 0 Å². The molecule has 4 rings (SSSR count). The lowest BCUT2D eigenvalue weighted by Gasteiger charge is -2.28. The number of benzene rings is 3. The Morgan fingerprint density at radius 2 is 1.52 bits per heavy atom. The van der Waals surface area contributed by atoms with Crippen molar-refractivity contribution in [3.8, 4) is 0 Å². The third kappa shape index (κ3) is 4.64. The van der Waals surface area contributed by atoms with Crippen LogP contribution in [-0.2, 0) is 20.8 Å². The molecule has 33 heavy (non-hydrogen) atoms. The fraction of sp³-hybridized carbons (Fsp3) is 0.120. The van der Waals surface area contributed by atoms with E-state index >= 15 is 0 Å². The summed E-state index contributed by atoms with van der Waals surface area (Å²) in [6.45, 7) is 0. The maximum absolute atomic E-state index is 14.1. The standard InChI is InChI=1S/C25H20FN3O4/c26-20-14-8-7-13-19(20)24(32)27-29(23(31)15-17-9-3-1-4-10-17)21-16-22(30)28(25(21)33)18-11-5-2-6-12-18/h1-14,21H,15-16H2,(H,27,32). The molecule has 4 amide bonds. The Morgan fingerprint density at radius 3 is 2.18 bits per heavy atom. The number of halogens is 1. The first kappa shape index (κ1) is 21.9. The van der Waals surface area contributed by atoms with E-state index in [9.17, 15) is 23.6 Å². The highest BCUT2D eigenvalue weighted by Crippen LogP contribution is 2.25. The van der Waals surface area contributed by atoms with Gasteiger partial charge in [-0.15, -0.1) is 0 Å². The summed E-state index contributed by atoms with van der Waals surface area (Å²) in [7, 11) is 0. The van der Waals surface area contributed by atoms with E-state index in [1.54, 1.807) is 60.7 Å². The lowest BCUT2D eigenvalue weighted by molar-refractivity contribution is -0.140. The first-order valence-corrected chi connectivity index (χ1v) is 10.3. The Morgan fingerprint density at radius 1 is 0.909 bits per heavy atom. The van der Waals surface area contributed by atoms with E-state index in [1.807, 2.05) is 0 Å². The molecule has 1 heterocycles. The van der Waals surface area contributed by atoms with E-state index in [4.69, 9.17) is 0 Å². The number of carbonyl (C=O) groups is 4. The average molecular weight is 445 g/mol. The second-order valence-electron chi connectivity index (χ2n) is 7.47. The minimum Gasteiger partial charge on any atom is -0.274 e. The third-order valence-electron chi connectivity index (χ3n) is 5.26. The molecule has 0 aromatic heterocycles. The molecule has 0 spiro atoms. The number of hydrogen-bond donors (Lipinski definition) is 1. The van der Waals surface area contributed by atoms with Gasteiger partial charge in [-0.25, -0.2) is 14.3 Å². The van der Waals surface area contributed by atoms with Gasteiger partial charge in [0.15, 0.2) is 0 Å². The third-order valence-corrected chi connectivity index (χ3v) is 5.26. The molecule has 0 aliphatic carbocycles. The summed E-state index contributed by atoms with van der Waals surface area (Å²) in [5.41, 5.74) is 3.10. The first-order valence-electron chi connectivity index (χ1n) is 10.3. The van der Waals surface area contributed by atoms with Crippen molar-refractivity contribution in [3.63, 3.8) is 0 Å². The van der Waals surface area contributed by atoms with Gasteiger partial charge in [-0.05, 0) is 29.8 Å². The molecule has 1 N–H and O–H groups in total. The maximum Gasteiger partial charge on any atom is 0.272 e. The molecule has 166 valence electrons. The molecule has 1 aliphatic rings. The lowest BCUT2D eigenvalue weighted by atomic mass is 10.1. The predicted molar refractivity (Wildman–Crippen MR) is 118 cm³/mol. The highest BCUT2D eigenvalue weighted by molar-refractivity contribution is 6.23. The average Bonchev–Trinajstić information content (AvgIpc) is 3.12. The van der Waals surface area contributed by atoms with Gasteiger partial charge in [-0.1, -0.05) is 60.7 Å². The van der Waals surface area contributed by atoms with Crippen molar-refractivity contribution < 1.29 is 23.6 Å². The molecule has 0 saturated carbocycles. The molecule has 8 heteroatoms. The van der Waals surface area contributed by atoms with Crippen molar-refractivity contribution in [1.29, 1.82) is 0 Å². The minimum absolute atomic E-state index is 0.123. The number of amides is 4. The van der Waals surface area contributed by atoms with E-state index in [1.165, 1.54) is 18.2 Å². The summed E-state index contributed by atoms with van der Waals surface area (Å²) in [5.74, 6) is -3.43. The van der Waals surface area contributed by atoms with Crippen LogP contribution in [0.2, 0.25) is 0 Å². The van der Waals surface area contributed by atoms with E-state index in [0.717, 1.165) is 16.0 Å². The van der Waals surface area contributed by atoms with Crippen LogP contribution < -0.4 is 10.3 Å². The van der Waals surface area contributed by atoms with Crippen LogP contribution in [0.15, 0.2) is 84.9 Å². The zero-order valence-corrected chi connectivity index (χ0v) is 17.5. The molecule has 1 aliphatic heterocycles. The summed E-state index contributed by atoms with van der Waals surface area (Å²) >= 11 is 0. The van der Waals surface area contributed by atoms with Crippen LogP contribution in [0.4, 0.5) is 10.1 Å². The topological polar surface area (TPSA) is 86.8 Å². The molecule has 3 aromatic rings. The van der Waals surface area contributed by atoms with Gasteiger partial charge in [0.05, 0.1) is 24.1 Å². The predicted octanol–water partition coefficient (Wildman–Crippen LogP) is 2.87. The van der Waals surface area contributed by atoms with E-state index in [0.29, 0.717) is 11.3 Å². The van der Waals surface area contributed by atoms with Gasteiger partial charge >= 0.3 is 0 Å². The fourth-order valence-corrected chi connectivity index (χ4v) is 3.65. The van der Waals surface area contributed by atoms with Crippen molar-refractivity contribution in [2.45, 2.75) is 18.9 Å². The molecule has 1 saturated heterocycles. The zero-order valence-electron chi connectivity index (χ0n) is 17.5. The Hall–Kier alpha value is -4.33. The fourth-order valence-electron chi connectivity index (χ4n) is 3.65. The van der Waals surface area contributed by atoms with Crippen molar-refractivity contribution >= 4 is 29.3 Å². The van der Waals surface area contributed by atoms with Crippen molar-refractivity contribution in [2.24, 2.45) is 0 Å². The quantitative estimate of drug-likeness (QED) is 0.483. The molecule has 3 aromatic carbocycles. The van der Waals surface area contributed by atoms with E-state index in [2.05, 4.69) is 5.43 Å². The monoisotopic (exact) mass is 445 g/mol. The molecule has 7 nitrogen and oxygen atoms in total. The number of anilines is 1. The smallest absolute Gasteiger partial charge is 0.272 e. The number of rotatable bonds is 5. The van der Waals surface area contributed by atoms with E-state index in [-0.39, 0.29) is 18.4 Å². The number of hydrazine groups is 1. The van der Waals surface area contributed by atoms with Crippen LogP contribution in [-0.4, -0.2) is 34.7 Å². The largest absolute Gasteiger partial charge is 0.274 e. The summed E-state index contributed by atoms with van der Waals surface area (Å²) < 4.78 is 14.1. The molecule has 1 atom stereocenters. The van der Waals surface area contributed by atoms with Crippen LogP contribution in [0.3, 0.4) is 0 Å². The Labute approximate surface area is 189 Å². The van der Waals surface area contributed by atoms with Crippen molar-refractivity contribution in [1.82, 2.24) is 10.4 Å². The number of nitrogens with zero attached hydrogens (tertiary/aromatic N) is 2. The Bertz CT molecular complexity index is 1200. The summed E-state index contributed by atoms with van der Waals surface area (Å²) in [6.07, 6.45) is -0.437. The number of nitrogens with one attached hydrogen (secondary N) is 1. The SMILES string of the molecule is O=C(NN(C(=O)Cc1ccccc1)C1CC(=O)N(c2ccccc2)C1=O)c1ccccc1F. The van der Waals surface area contributed by atoms with Gasteiger partial charge in [0.1, 0.15) is 11.9 Å². The normalized spacial score (nSPS) is 15.4. The highest BCUT2D eigenvalue weighted by Gasteiger charge is 2.45. The molecular weight excluding hydrogens is 425 g/mol. The Kier molecular flexibility index (Phi) is 6.26. The number of imide groups is 1. The van der Waals surface area contributed by atoms with Crippen LogP contribution in [0, 0.1) is 5.82 Å². The van der Waals surface area contributed by atoms with Gasteiger partial charge < -0.3 is 0 Å². The zero-order chi connectivity index (χ0) is 23.4. The molecular formula is C25H20FN3O4. The van der Waals surface area contributed by atoms with Crippen molar-refractivity contribution in [2.75, 3.05) is 4.90 Å². The number of hydrogen-bond acceptors (Lipinski definition) is 4. The van der Waals surface area contributed by atoms with Crippen LogP contribution >= 0.6 is 0 Å². The van der Waals surface area contributed by atoms with Gasteiger partial charge in [0, 0.05) is 0 Å². The van der Waals surface area contributed by atoms with Crippen LogP contribution in [0.1, 0.15) is 22.3 Å². The van der Waals surface area contributed by atoms with Gasteiger partial charge in [0.25, 0.3) is 11.8 Å². The second kappa shape index (κ2) is 9.44. The van der Waals surface area contributed by atoms with Crippen LogP contribution in [0.5, 0.6) is 0 Å². The van der Waals surface area contributed by atoms with Gasteiger partial charge in [-0.3, -0.25) is 24.6 Å². The molecule has 1 fully saturated rings. The summed E-state index contributed by atoms with van der Waals surface area (Å²) in [5, 5.41) is 0.852. The lowest BCUT2D eigenvalue weighted by Crippen LogP contribution is -2.55. The number of carbonyl (C=O) groups excluding carboxylic acids is 4. The first-order chi connectivity index (χ1) is 16.0. The van der Waals surface area contributed by atoms with Gasteiger partial charge in [-0.2, -0.15) is 0 Å².